The highest BCUT2D eigenvalue weighted by molar-refractivity contribution is 7.99. The number of nitrogens with one attached hydrogen (secondary N) is 1. The number of thioether (sulfide) groups is 1. The molecular formula is C14H13ClF2N2S. The van der Waals surface area contributed by atoms with Gasteiger partial charge < -0.3 is 11.1 Å². The van der Waals surface area contributed by atoms with Crippen LogP contribution in [0.2, 0.25) is 5.02 Å². The van der Waals surface area contributed by atoms with Crippen LogP contribution in [0, 0.1) is 6.92 Å². The Morgan fingerprint density at radius 2 is 1.90 bits per heavy atom. The van der Waals surface area contributed by atoms with Crippen molar-refractivity contribution in [3.63, 3.8) is 0 Å². The average Bonchev–Trinajstić information content (AvgIpc) is 2.37. The van der Waals surface area contributed by atoms with Crippen LogP contribution in [-0.4, -0.2) is 5.76 Å². The van der Waals surface area contributed by atoms with Crippen LogP contribution >= 0.6 is 23.4 Å². The van der Waals surface area contributed by atoms with Gasteiger partial charge in [-0.3, -0.25) is 0 Å². The third-order valence-electron chi connectivity index (χ3n) is 2.72. The van der Waals surface area contributed by atoms with Gasteiger partial charge in [-0.15, -0.1) is 0 Å². The Morgan fingerprint density at radius 3 is 2.60 bits per heavy atom. The molecule has 106 valence electrons. The minimum absolute atomic E-state index is 0.428. The van der Waals surface area contributed by atoms with Crippen molar-refractivity contribution in [3.8, 4) is 0 Å². The summed E-state index contributed by atoms with van der Waals surface area (Å²) in [5.74, 6) is -2.46. The highest BCUT2D eigenvalue weighted by atomic mass is 35.5. The first-order valence-electron chi connectivity index (χ1n) is 5.84. The normalized spacial score (nSPS) is 10.8. The number of hydrogen-bond donors (Lipinski definition) is 2. The summed E-state index contributed by atoms with van der Waals surface area (Å²) in [5, 5.41) is 3.55. The van der Waals surface area contributed by atoms with Gasteiger partial charge in [0.15, 0.2) is 0 Å². The molecule has 0 heterocycles. The first-order valence-corrected chi connectivity index (χ1v) is 7.09. The number of halogens is 3. The van der Waals surface area contributed by atoms with Gasteiger partial charge in [0.1, 0.15) is 0 Å². The van der Waals surface area contributed by atoms with Crippen LogP contribution in [0.5, 0.6) is 0 Å². The summed E-state index contributed by atoms with van der Waals surface area (Å²) in [5.41, 5.74) is 8.45. The summed E-state index contributed by atoms with van der Waals surface area (Å²) in [4.78, 5) is 0.481. The molecule has 3 N–H and O–H groups in total. The molecule has 0 saturated heterocycles. The van der Waals surface area contributed by atoms with E-state index in [2.05, 4.69) is 5.32 Å². The van der Waals surface area contributed by atoms with Crippen molar-refractivity contribution in [1.29, 1.82) is 0 Å². The van der Waals surface area contributed by atoms with Gasteiger partial charge in [0.25, 0.3) is 5.76 Å². The van der Waals surface area contributed by atoms with Gasteiger partial charge in [-0.25, -0.2) is 0 Å². The number of benzene rings is 2. The highest BCUT2D eigenvalue weighted by Gasteiger charge is 2.11. The summed E-state index contributed by atoms with van der Waals surface area (Å²) in [6, 6.07) is 10.3. The maximum Gasteiger partial charge on any atom is 0.288 e. The second kappa shape index (κ2) is 6.33. The predicted octanol–water partition coefficient (Wildman–Crippen LogP) is 5.29. The van der Waals surface area contributed by atoms with E-state index in [1.165, 1.54) is 0 Å². The zero-order valence-corrected chi connectivity index (χ0v) is 12.2. The van der Waals surface area contributed by atoms with Crippen LogP contribution in [0.1, 0.15) is 5.56 Å². The number of nitrogens with two attached hydrogens (primary N) is 1. The van der Waals surface area contributed by atoms with Crippen molar-refractivity contribution in [2.75, 3.05) is 11.1 Å². The molecule has 0 bridgehead atoms. The Balaban J connectivity index is 2.33. The van der Waals surface area contributed by atoms with Crippen molar-refractivity contribution < 1.29 is 8.78 Å². The number of rotatable bonds is 4. The van der Waals surface area contributed by atoms with Crippen LogP contribution in [0.3, 0.4) is 0 Å². The largest absolute Gasteiger partial charge is 0.398 e. The first kappa shape index (κ1) is 14.9. The highest BCUT2D eigenvalue weighted by Crippen LogP contribution is 2.35. The van der Waals surface area contributed by atoms with Gasteiger partial charge in [-0.2, -0.15) is 8.78 Å². The Labute approximate surface area is 125 Å². The van der Waals surface area contributed by atoms with E-state index in [0.717, 1.165) is 11.3 Å². The lowest BCUT2D eigenvalue weighted by Crippen LogP contribution is -1.97. The fraction of sp³-hybridized carbons (Fsp3) is 0.143. The molecule has 0 aliphatic rings. The van der Waals surface area contributed by atoms with Crippen molar-refractivity contribution in [1.82, 2.24) is 0 Å². The number of para-hydroxylation sites is 1. The van der Waals surface area contributed by atoms with E-state index in [1.807, 2.05) is 6.92 Å². The summed E-state index contributed by atoms with van der Waals surface area (Å²) >= 11 is 6.49. The van der Waals surface area contributed by atoms with Crippen molar-refractivity contribution >= 4 is 40.4 Å². The van der Waals surface area contributed by atoms with Crippen LogP contribution in [0.15, 0.2) is 41.3 Å². The van der Waals surface area contributed by atoms with Crippen LogP contribution < -0.4 is 11.1 Å². The van der Waals surface area contributed by atoms with E-state index < -0.39 is 5.76 Å². The molecule has 0 aromatic heterocycles. The molecule has 0 spiro atoms. The maximum absolute atomic E-state index is 12.5. The monoisotopic (exact) mass is 314 g/mol. The standard InChI is InChI=1S/C14H13ClF2N2S/c1-8-6-10(18)9(15)7-12(8)19-11-4-2-3-5-13(11)20-14(16)17/h2-7,14,19H,18H2,1H3. The molecule has 0 unspecified atom stereocenters. The molecule has 0 radical (unpaired) electrons. The molecule has 2 aromatic carbocycles. The minimum atomic E-state index is -2.46. The molecule has 0 fully saturated rings. The van der Waals surface area contributed by atoms with E-state index in [4.69, 9.17) is 17.3 Å². The van der Waals surface area contributed by atoms with Gasteiger partial charge in [-0.05, 0) is 36.8 Å². The van der Waals surface area contributed by atoms with Crippen LogP contribution in [0.25, 0.3) is 0 Å². The van der Waals surface area contributed by atoms with Gasteiger partial charge in [-0.1, -0.05) is 35.5 Å². The molecule has 0 aliphatic heterocycles. The summed E-state index contributed by atoms with van der Waals surface area (Å²) < 4.78 is 25.1. The van der Waals surface area contributed by atoms with E-state index in [9.17, 15) is 8.78 Å². The number of hydrogen-bond acceptors (Lipinski definition) is 3. The van der Waals surface area contributed by atoms with Gasteiger partial charge in [0.2, 0.25) is 0 Å². The number of aryl methyl sites for hydroxylation is 1. The fourth-order valence-corrected chi connectivity index (χ4v) is 2.51. The van der Waals surface area contributed by atoms with Crippen LogP contribution in [-0.2, 0) is 0 Å². The molecule has 2 rings (SSSR count). The second-order valence-electron chi connectivity index (χ2n) is 4.19. The van der Waals surface area contributed by atoms with E-state index in [0.29, 0.717) is 33.1 Å². The van der Waals surface area contributed by atoms with Crippen molar-refractivity contribution in [2.45, 2.75) is 17.6 Å². The number of alkyl halides is 2. The SMILES string of the molecule is Cc1cc(N)c(Cl)cc1Nc1ccccc1SC(F)F. The molecule has 20 heavy (non-hydrogen) atoms. The molecule has 0 amide bonds. The van der Waals surface area contributed by atoms with E-state index in [1.54, 1.807) is 36.4 Å². The lowest BCUT2D eigenvalue weighted by atomic mass is 10.1. The number of nitrogen functional groups attached to an aromatic ring is 1. The lowest BCUT2D eigenvalue weighted by molar-refractivity contribution is 0.252. The third kappa shape index (κ3) is 3.55. The topological polar surface area (TPSA) is 38.0 Å². The molecule has 6 heteroatoms. The molecule has 0 aliphatic carbocycles. The van der Waals surface area contributed by atoms with Gasteiger partial charge in [0, 0.05) is 10.6 Å². The van der Waals surface area contributed by atoms with E-state index in [-0.39, 0.29) is 0 Å². The summed E-state index contributed by atoms with van der Waals surface area (Å²) in [6.07, 6.45) is 0. The Kier molecular flexibility index (Phi) is 4.73. The molecule has 0 saturated carbocycles. The zero-order valence-electron chi connectivity index (χ0n) is 10.7. The first-order chi connectivity index (χ1) is 9.47. The Bertz CT molecular complexity index is 620. The second-order valence-corrected chi connectivity index (χ2v) is 5.63. The van der Waals surface area contributed by atoms with Crippen molar-refractivity contribution in [2.24, 2.45) is 0 Å². The minimum Gasteiger partial charge on any atom is -0.398 e. The van der Waals surface area contributed by atoms with Gasteiger partial charge in [0.05, 0.1) is 16.4 Å². The Hall–Kier alpha value is -1.46. The fourth-order valence-electron chi connectivity index (χ4n) is 1.75. The summed E-state index contributed by atoms with van der Waals surface area (Å²) in [6.45, 7) is 1.87. The molecule has 0 atom stereocenters. The molecule has 2 aromatic rings. The predicted molar refractivity (Wildman–Crippen MR) is 82.2 cm³/mol. The average molecular weight is 315 g/mol. The zero-order chi connectivity index (χ0) is 14.7. The smallest absolute Gasteiger partial charge is 0.288 e. The number of anilines is 3. The quantitative estimate of drug-likeness (QED) is 0.595. The van der Waals surface area contributed by atoms with E-state index >= 15 is 0 Å². The lowest BCUT2D eigenvalue weighted by Gasteiger charge is -2.14. The van der Waals surface area contributed by atoms with Crippen molar-refractivity contribution in [3.05, 3.63) is 47.0 Å². The molecular weight excluding hydrogens is 302 g/mol. The maximum atomic E-state index is 12.5. The van der Waals surface area contributed by atoms with Crippen LogP contribution in [0.4, 0.5) is 25.8 Å². The molecule has 2 nitrogen and oxygen atoms in total. The Morgan fingerprint density at radius 1 is 1.20 bits per heavy atom. The summed E-state index contributed by atoms with van der Waals surface area (Å²) in [7, 11) is 0. The third-order valence-corrected chi connectivity index (χ3v) is 3.83. The van der Waals surface area contributed by atoms with Gasteiger partial charge >= 0.3 is 0 Å².